The predicted octanol–water partition coefficient (Wildman–Crippen LogP) is 3.48. The summed E-state index contributed by atoms with van der Waals surface area (Å²) in [5.74, 6) is -1.40. The number of carboxylic acids is 1. The fourth-order valence-corrected chi connectivity index (χ4v) is 2.78. The van der Waals surface area contributed by atoms with E-state index < -0.39 is 11.9 Å². The summed E-state index contributed by atoms with van der Waals surface area (Å²) in [5, 5.41) is 22.9. The molecule has 0 saturated heterocycles. The first-order valence-corrected chi connectivity index (χ1v) is 9.47. The molecular formula is C25H19N2O4-. The first-order chi connectivity index (χ1) is 14.9. The molecule has 0 aliphatic heterocycles. The van der Waals surface area contributed by atoms with Crippen molar-refractivity contribution >= 4 is 23.6 Å². The van der Waals surface area contributed by atoms with Crippen LogP contribution in [-0.4, -0.2) is 11.9 Å². The van der Waals surface area contributed by atoms with Crippen LogP contribution in [0, 0.1) is 18.3 Å². The van der Waals surface area contributed by atoms with Gasteiger partial charge in [-0.25, -0.2) is 0 Å². The zero-order valence-electron chi connectivity index (χ0n) is 16.8. The molecule has 0 aliphatic rings. The summed E-state index contributed by atoms with van der Waals surface area (Å²) >= 11 is 0. The number of aryl methyl sites for hydroxylation is 1. The monoisotopic (exact) mass is 411 g/mol. The predicted molar refractivity (Wildman–Crippen MR) is 115 cm³/mol. The van der Waals surface area contributed by atoms with E-state index in [-0.39, 0.29) is 16.8 Å². The number of aromatic carboxylic acids is 1. The van der Waals surface area contributed by atoms with Crippen molar-refractivity contribution in [1.29, 1.82) is 5.26 Å². The summed E-state index contributed by atoms with van der Waals surface area (Å²) in [5.41, 5.74) is 2.87. The Hall–Kier alpha value is -4.37. The third-order valence-electron chi connectivity index (χ3n) is 4.42. The molecule has 3 aromatic rings. The number of nitrogens with one attached hydrogen (secondary N) is 1. The molecule has 0 bridgehead atoms. The number of nitriles is 1. The summed E-state index contributed by atoms with van der Waals surface area (Å²) in [6, 6.07) is 22.6. The van der Waals surface area contributed by atoms with Gasteiger partial charge in [0.25, 0.3) is 5.91 Å². The Balaban J connectivity index is 1.71. The average Bonchev–Trinajstić information content (AvgIpc) is 2.77. The topological polar surface area (TPSA) is 102 Å². The Bertz CT molecular complexity index is 1170. The van der Waals surface area contributed by atoms with Crippen LogP contribution in [0.1, 0.15) is 27.0 Å². The largest absolute Gasteiger partial charge is 0.545 e. The maximum Gasteiger partial charge on any atom is 0.266 e. The lowest BCUT2D eigenvalue weighted by Crippen LogP contribution is -2.22. The second kappa shape index (κ2) is 9.90. The minimum absolute atomic E-state index is 0.0706. The van der Waals surface area contributed by atoms with Crippen molar-refractivity contribution in [3.63, 3.8) is 0 Å². The highest BCUT2D eigenvalue weighted by atomic mass is 16.5. The second-order valence-electron chi connectivity index (χ2n) is 6.84. The lowest BCUT2D eigenvalue weighted by Gasteiger charge is -2.09. The number of anilines is 1. The molecule has 3 aromatic carbocycles. The van der Waals surface area contributed by atoms with Gasteiger partial charge in [0.05, 0.1) is 5.97 Å². The van der Waals surface area contributed by atoms with E-state index in [1.807, 2.05) is 37.3 Å². The van der Waals surface area contributed by atoms with Crippen molar-refractivity contribution in [1.82, 2.24) is 0 Å². The summed E-state index contributed by atoms with van der Waals surface area (Å²) in [6.45, 7) is 2.41. The van der Waals surface area contributed by atoms with E-state index in [0.29, 0.717) is 17.9 Å². The average molecular weight is 411 g/mol. The fourth-order valence-electron chi connectivity index (χ4n) is 2.78. The summed E-state index contributed by atoms with van der Waals surface area (Å²) in [7, 11) is 0. The van der Waals surface area contributed by atoms with Crippen LogP contribution in [0.15, 0.2) is 78.4 Å². The first kappa shape index (κ1) is 21.3. The van der Waals surface area contributed by atoms with Crippen LogP contribution in [0.25, 0.3) is 6.08 Å². The van der Waals surface area contributed by atoms with Gasteiger partial charge in [-0.2, -0.15) is 5.26 Å². The second-order valence-corrected chi connectivity index (χ2v) is 6.84. The van der Waals surface area contributed by atoms with E-state index in [2.05, 4.69) is 5.32 Å². The van der Waals surface area contributed by atoms with E-state index in [4.69, 9.17) is 4.74 Å². The lowest BCUT2D eigenvalue weighted by molar-refractivity contribution is -0.255. The summed E-state index contributed by atoms with van der Waals surface area (Å²) in [4.78, 5) is 23.4. The number of carboxylic acid groups (broad SMARTS) is 1. The van der Waals surface area contributed by atoms with Crippen LogP contribution in [0.5, 0.6) is 5.75 Å². The van der Waals surface area contributed by atoms with Gasteiger partial charge in [-0.05, 0) is 54.0 Å². The van der Waals surface area contributed by atoms with Crippen molar-refractivity contribution < 1.29 is 19.4 Å². The van der Waals surface area contributed by atoms with Crippen LogP contribution in [-0.2, 0) is 11.4 Å². The molecule has 0 spiro atoms. The normalized spacial score (nSPS) is 10.8. The molecular weight excluding hydrogens is 392 g/mol. The van der Waals surface area contributed by atoms with Gasteiger partial charge in [-0.15, -0.1) is 0 Å². The van der Waals surface area contributed by atoms with Crippen molar-refractivity contribution in [3.8, 4) is 11.8 Å². The highest BCUT2D eigenvalue weighted by molar-refractivity contribution is 6.10. The maximum atomic E-state index is 12.5. The number of carbonyl (C=O) groups excluding carboxylic acids is 2. The molecule has 0 atom stereocenters. The number of benzene rings is 3. The van der Waals surface area contributed by atoms with Gasteiger partial charge in [0.15, 0.2) is 0 Å². The quantitative estimate of drug-likeness (QED) is 0.474. The third kappa shape index (κ3) is 6.05. The molecule has 0 fully saturated rings. The van der Waals surface area contributed by atoms with Gasteiger partial charge in [0.1, 0.15) is 24.0 Å². The molecule has 31 heavy (non-hydrogen) atoms. The van der Waals surface area contributed by atoms with Crippen LogP contribution in [0.3, 0.4) is 0 Å². The summed E-state index contributed by atoms with van der Waals surface area (Å²) in [6.07, 6.45) is 1.44. The van der Waals surface area contributed by atoms with Crippen molar-refractivity contribution in [2.45, 2.75) is 13.5 Å². The number of nitrogens with zero attached hydrogens (tertiary/aromatic N) is 1. The summed E-state index contributed by atoms with van der Waals surface area (Å²) < 4.78 is 5.81. The number of hydrogen-bond acceptors (Lipinski definition) is 5. The molecule has 1 N–H and O–H groups in total. The maximum absolute atomic E-state index is 12.5. The lowest BCUT2D eigenvalue weighted by atomic mass is 10.1. The van der Waals surface area contributed by atoms with Crippen LogP contribution >= 0.6 is 0 Å². The fraction of sp³-hybridized carbons (Fsp3) is 0.0800. The van der Waals surface area contributed by atoms with Crippen LogP contribution < -0.4 is 15.2 Å². The van der Waals surface area contributed by atoms with Gasteiger partial charge in [-0.1, -0.05) is 54.1 Å². The van der Waals surface area contributed by atoms with E-state index in [1.165, 1.54) is 35.9 Å². The minimum Gasteiger partial charge on any atom is -0.545 e. The van der Waals surface area contributed by atoms with Crippen molar-refractivity contribution in [2.24, 2.45) is 0 Å². The zero-order chi connectivity index (χ0) is 22.2. The van der Waals surface area contributed by atoms with Crippen LogP contribution in [0.4, 0.5) is 5.69 Å². The van der Waals surface area contributed by atoms with Gasteiger partial charge < -0.3 is 20.0 Å². The number of hydrogen-bond donors (Lipinski definition) is 1. The Labute approximate surface area is 180 Å². The Morgan fingerprint density at radius 2 is 1.81 bits per heavy atom. The Morgan fingerprint density at radius 1 is 1.06 bits per heavy atom. The number of ether oxygens (including phenoxy) is 1. The van der Waals surface area contributed by atoms with Crippen LogP contribution in [0.2, 0.25) is 0 Å². The highest BCUT2D eigenvalue weighted by Crippen LogP contribution is 2.18. The molecule has 6 heteroatoms. The van der Waals surface area contributed by atoms with Gasteiger partial charge in [0.2, 0.25) is 0 Å². The zero-order valence-corrected chi connectivity index (χ0v) is 16.8. The van der Waals surface area contributed by atoms with E-state index in [0.717, 1.165) is 5.56 Å². The Morgan fingerprint density at radius 3 is 2.52 bits per heavy atom. The Kier molecular flexibility index (Phi) is 6.82. The number of amides is 1. The molecule has 1 amide bonds. The molecule has 0 aliphatic carbocycles. The molecule has 0 heterocycles. The third-order valence-corrected chi connectivity index (χ3v) is 4.42. The molecule has 0 saturated carbocycles. The highest BCUT2D eigenvalue weighted by Gasteiger charge is 2.10. The first-order valence-electron chi connectivity index (χ1n) is 9.47. The number of carbonyl (C=O) groups is 2. The molecule has 0 aromatic heterocycles. The van der Waals surface area contributed by atoms with Gasteiger partial charge in [0, 0.05) is 5.69 Å². The number of rotatable bonds is 7. The standard InChI is InChI=1S/C25H20N2O4/c1-17-8-10-18(11-9-17)16-31-23-7-2-4-19(13-23)12-21(15-26)24(28)27-22-6-3-5-20(14-22)25(29)30/h2-14H,16H2,1H3,(H,27,28)(H,29,30)/p-1/b21-12+. The van der Waals surface area contributed by atoms with Gasteiger partial charge in [-0.3, -0.25) is 4.79 Å². The molecule has 6 nitrogen and oxygen atoms in total. The molecule has 0 radical (unpaired) electrons. The molecule has 3 rings (SSSR count). The molecule has 0 unspecified atom stereocenters. The van der Waals surface area contributed by atoms with Crippen molar-refractivity contribution in [3.05, 3.63) is 101 Å². The van der Waals surface area contributed by atoms with Gasteiger partial charge >= 0.3 is 0 Å². The van der Waals surface area contributed by atoms with E-state index >= 15 is 0 Å². The SMILES string of the molecule is Cc1ccc(COc2cccc(/C=C(\C#N)C(=O)Nc3cccc(C(=O)[O-])c3)c2)cc1. The van der Waals surface area contributed by atoms with Crippen molar-refractivity contribution in [2.75, 3.05) is 5.32 Å². The minimum atomic E-state index is -1.35. The van der Waals surface area contributed by atoms with E-state index in [1.54, 1.807) is 24.3 Å². The smallest absolute Gasteiger partial charge is 0.266 e. The van der Waals surface area contributed by atoms with E-state index in [9.17, 15) is 20.0 Å². The molecule has 154 valence electrons.